The second-order valence-electron chi connectivity index (χ2n) is 6.78. The lowest BCUT2D eigenvalue weighted by atomic mass is 9.91. The third kappa shape index (κ3) is 3.54. The van der Waals surface area contributed by atoms with E-state index in [1.54, 1.807) is 24.1 Å². The Morgan fingerprint density at radius 3 is 2.76 bits per heavy atom. The van der Waals surface area contributed by atoms with Gasteiger partial charge in [-0.25, -0.2) is 14.3 Å². The highest BCUT2D eigenvalue weighted by molar-refractivity contribution is 6.04. The van der Waals surface area contributed by atoms with E-state index in [9.17, 15) is 19.5 Å². The molecule has 8 heteroatoms. The van der Waals surface area contributed by atoms with Gasteiger partial charge < -0.3 is 10.4 Å². The van der Waals surface area contributed by atoms with Crippen LogP contribution in [0.25, 0.3) is 16.6 Å². The predicted molar refractivity (Wildman–Crippen MR) is 107 cm³/mol. The summed E-state index contributed by atoms with van der Waals surface area (Å²) in [5, 5.41) is 19.8. The molecule has 1 aliphatic rings. The molecule has 2 aromatic carbocycles. The molecule has 2 unspecified atom stereocenters. The van der Waals surface area contributed by atoms with Gasteiger partial charge in [0.15, 0.2) is 5.78 Å². The number of carbonyl (C=O) groups excluding carboxylic acids is 2. The normalized spacial score (nSPS) is 18.3. The molecule has 0 saturated carbocycles. The molecule has 0 bridgehead atoms. The number of ketones is 1. The van der Waals surface area contributed by atoms with Gasteiger partial charge in [0.2, 0.25) is 0 Å². The van der Waals surface area contributed by atoms with Crippen molar-refractivity contribution >= 4 is 34.5 Å². The van der Waals surface area contributed by atoms with Gasteiger partial charge in [0.25, 0.3) is 0 Å². The first-order chi connectivity index (χ1) is 14.1. The molecule has 1 fully saturated rings. The van der Waals surface area contributed by atoms with Crippen LogP contribution in [0.3, 0.4) is 0 Å². The van der Waals surface area contributed by atoms with Crippen molar-refractivity contribution < 1.29 is 19.5 Å². The number of carbonyl (C=O) groups is 2. The number of carboxylic acid groups (broad SMARTS) is 1. The highest BCUT2D eigenvalue weighted by atomic mass is 16.4. The summed E-state index contributed by atoms with van der Waals surface area (Å²) < 4.78 is 1.50. The molecule has 0 radical (unpaired) electrons. The van der Waals surface area contributed by atoms with Gasteiger partial charge in [-0.3, -0.25) is 10.1 Å². The molecule has 1 aliphatic heterocycles. The van der Waals surface area contributed by atoms with Crippen LogP contribution in [0.2, 0.25) is 0 Å². The quantitative estimate of drug-likeness (QED) is 0.456. The van der Waals surface area contributed by atoms with Crippen molar-refractivity contribution in [3.63, 3.8) is 0 Å². The molecule has 8 nitrogen and oxygen atoms in total. The van der Waals surface area contributed by atoms with E-state index >= 15 is 0 Å². The molecule has 0 aliphatic carbocycles. The van der Waals surface area contributed by atoms with Gasteiger partial charge >= 0.3 is 6.09 Å². The van der Waals surface area contributed by atoms with Crippen LogP contribution in [-0.4, -0.2) is 45.3 Å². The number of fused-ring (bicyclic) bond motifs is 1. The molecule has 2 heterocycles. The number of nitrogens with one attached hydrogen (secondary N) is 2. The molecule has 2 atom stereocenters. The van der Waals surface area contributed by atoms with Crippen molar-refractivity contribution in [2.45, 2.75) is 12.5 Å². The Morgan fingerprint density at radius 1 is 1.24 bits per heavy atom. The highest BCUT2D eigenvalue weighted by Crippen LogP contribution is 2.29. The van der Waals surface area contributed by atoms with Gasteiger partial charge in [-0.1, -0.05) is 24.3 Å². The van der Waals surface area contributed by atoms with Crippen LogP contribution in [-0.2, 0) is 4.79 Å². The van der Waals surface area contributed by atoms with Gasteiger partial charge in [0.1, 0.15) is 11.8 Å². The summed E-state index contributed by atoms with van der Waals surface area (Å²) in [6.45, 7) is 0.650. The molecule has 1 aromatic heterocycles. The third-order valence-electron chi connectivity index (χ3n) is 5.04. The number of hydrogen-bond acceptors (Lipinski definition) is 5. The zero-order valence-corrected chi connectivity index (χ0v) is 15.3. The first kappa shape index (κ1) is 18.6. The van der Waals surface area contributed by atoms with Gasteiger partial charge in [0, 0.05) is 29.0 Å². The van der Waals surface area contributed by atoms with Crippen molar-refractivity contribution in [1.29, 1.82) is 0 Å². The molecule has 29 heavy (non-hydrogen) atoms. The fraction of sp³-hybridized carbons (Fsp3) is 0.190. The molecule has 3 aromatic rings. The van der Waals surface area contributed by atoms with Gasteiger partial charge in [0.05, 0.1) is 11.2 Å². The van der Waals surface area contributed by atoms with Crippen molar-refractivity contribution in [2.75, 3.05) is 11.9 Å². The molecule has 146 valence electrons. The summed E-state index contributed by atoms with van der Waals surface area (Å²) in [6.07, 6.45) is 0.765. The maximum absolute atomic E-state index is 13.0. The first-order valence-electron chi connectivity index (χ1n) is 9.15. The summed E-state index contributed by atoms with van der Waals surface area (Å²) in [7, 11) is 0. The average molecular weight is 390 g/mol. The van der Waals surface area contributed by atoms with Crippen molar-refractivity contribution in [3.05, 3.63) is 60.2 Å². The molecule has 3 N–H and O–H groups in total. The minimum absolute atomic E-state index is 0.0876. The van der Waals surface area contributed by atoms with Crippen LogP contribution >= 0.6 is 0 Å². The molecule has 0 spiro atoms. The Kier molecular flexibility index (Phi) is 4.95. The van der Waals surface area contributed by atoms with E-state index in [1.165, 1.54) is 10.8 Å². The highest BCUT2D eigenvalue weighted by Gasteiger charge is 2.32. The van der Waals surface area contributed by atoms with E-state index in [-0.39, 0.29) is 17.7 Å². The molecule has 1 saturated heterocycles. The largest absolute Gasteiger partial charge is 0.465 e. The Balaban J connectivity index is 1.77. The lowest BCUT2D eigenvalue weighted by molar-refractivity contribution is 0.0919. The van der Waals surface area contributed by atoms with Crippen LogP contribution in [0.4, 0.5) is 10.6 Å². The number of nitrogens with zero attached hydrogens (tertiary/aromatic N) is 2. The lowest BCUT2D eigenvalue weighted by Crippen LogP contribution is -2.29. The summed E-state index contributed by atoms with van der Waals surface area (Å²) in [4.78, 5) is 35.0. The topological polar surface area (TPSA) is 113 Å². The number of benzene rings is 2. The second-order valence-corrected chi connectivity index (χ2v) is 6.78. The van der Waals surface area contributed by atoms with E-state index in [2.05, 4.69) is 15.7 Å². The van der Waals surface area contributed by atoms with E-state index in [0.717, 1.165) is 0 Å². The minimum atomic E-state index is -1.20. The van der Waals surface area contributed by atoms with Crippen molar-refractivity contribution in [1.82, 2.24) is 15.1 Å². The monoisotopic (exact) mass is 390 g/mol. The van der Waals surface area contributed by atoms with E-state index in [4.69, 9.17) is 0 Å². The van der Waals surface area contributed by atoms with E-state index < -0.39 is 6.09 Å². The summed E-state index contributed by atoms with van der Waals surface area (Å²) in [5.41, 5.74) is 1.66. The van der Waals surface area contributed by atoms with Crippen LogP contribution < -0.4 is 10.6 Å². The Bertz CT molecular complexity index is 1130. The van der Waals surface area contributed by atoms with Crippen molar-refractivity contribution in [2.24, 2.45) is 5.92 Å². The Labute approximate surface area is 165 Å². The summed E-state index contributed by atoms with van der Waals surface area (Å²) in [5.74, 6) is 1.63. The standard InChI is InChI=1S/C21H18N4O4/c26-11-9-17-15(8-10-22-17)19(27)13-6-7-16-18(12-13)24-25(20(16)23-21(28)29)14-4-2-1-3-5-14/h1-7,9,12,15,17,22-23H,8,10H2,(H,28,29). The number of hydrogen-bond donors (Lipinski definition) is 3. The fourth-order valence-corrected chi connectivity index (χ4v) is 3.70. The zero-order chi connectivity index (χ0) is 20.4. The second kappa shape index (κ2) is 7.71. The fourth-order valence-electron chi connectivity index (χ4n) is 3.70. The molecule has 4 rings (SSSR count). The van der Waals surface area contributed by atoms with E-state index in [0.29, 0.717) is 40.9 Å². The summed E-state index contributed by atoms with van der Waals surface area (Å²) in [6, 6.07) is 13.8. The number of Topliss-reactive ketones (excluding diaryl/α,β-unsaturated/α-hetero) is 1. The number of amides is 1. The SMILES string of the molecule is O=C=CC1NCCC1C(=O)c1ccc2c(NC(=O)O)n(-c3ccccc3)nc2c1. The van der Waals surface area contributed by atoms with Gasteiger partial charge in [-0.05, 0) is 37.2 Å². The zero-order valence-electron chi connectivity index (χ0n) is 15.3. The summed E-state index contributed by atoms with van der Waals surface area (Å²) >= 11 is 0. The maximum Gasteiger partial charge on any atom is 0.410 e. The number of para-hydroxylation sites is 1. The lowest BCUT2D eigenvalue weighted by Gasteiger charge is -2.13. The third-order valence-corrected chi connectivity index (χ3v) is 5.04. The smallest absolute Gasteiger partial charge is 0.410 e. The Hall–Kier alpha value is -3.74. The van der Waals surface area contributed by atoms with E-state index in [1.807, 2.05) is 30.3 Å². The van der Waals surface area contributed by atoms with Crippen molar-refractivity contribution in [3.8, 4) is 5.69 Å². The minimum Gasteiger partial charge on any atom is -0.465 e. The van der Waals surface area contributed by atoms with Gasteiger partial charge in [-0.2, -0.15) is 5.10 Å². The predicted octanol–water partition coefficient (Wildman–Crippen LogP) is 2.66. The molecular weight excluding hydrogens is 372 g/mol. The first-order valence-corrected chi connectivity index (χ1v) is 9.15. The molecule has 1 amide bonds. The van der Waals surface area contributed by atoms with Crippen LogP contribution in [0.1, 0.15) is 16.8 Å². The van der Waals surface area contributed by atoms with Crippen LogP contribution in [0.5, 0.6) is 0 Å². The molecular formula is C21H18N4O4. The van der Waals surface area contributed by atoms with Gasteiger partial charge in [-0.15, -0.1) is 0 Å². The number of anilines is 1. The Morgan fingerprint density at radius 2 is 2.03 bits per heavy atom. The van der Waals surface area contributed by atoms with Crippen LogP contribution in [0, 0.1) is 5.92 Å². The van der Waals surface area contributed by atoms with Crippen LogP contribution in [0.15, 0.2) is 54.6 Å². The number of rotatable bonds is 5. The number of aromatic nitrogens is 2. The maximum atomic E-state index is 13.0. The average Bonchev–Trinajstić information content (AvgIpc) is 3.32.